The first-order valence-corrected chi connectivity index (χ1v) is 17.7. The van der Waals surface area contributed by atoms with Crippen LogP contribution in [0.2, 0.25) is 0 Å². The lowest BCUT2D eigenvalue weighted by Crippen LogP contribution is -2.52. The second kappa shape index (κ2) is 13.7. The number of likely N-dealkylation sites (tertiary alicyclic amines) is 1. The van der Waals surface area contributed by atoms with Crippen LogP contribution in [-0.4, -0.2) is 75.0 Å². The van der Waals surface area contributed by atoms with Gasteiger partial charge in [-0.1, -0.05) is 82.3 Å². The van der Waals surface area contributed by atoms with E-state index in [0.29, 0.717) is 24.4 Å². The molecule has 3 aromatic carbocycles. The van der Waals surface area contributed by atoms with E-state index in [2.05, 4.69) is 94.8 Å². The zero-order chi connectivity index (χ0) is 35.1. The van der Waals surface area contributed by atoms with Gasteiger partial charge in [0.2, 0.25) is 5.91 Å². The van der Waals surface area contributed by atoms with Gasteiger partial charge in [-0.05, 0) is 77.1 Å². The molecule has 10 nitrogen and oxygen atoms in total. The highest BCUT2D eigenvalue weighted by molar-refractivity contribution is 5.87. The zero-order valence-corrected chi connectivity index (χ0v) is 29.7. The van der Waals surface area contributed by atoms with Gasteiger partial charge in [0, 0.05) is 13.6 Å². The van der Waals surface area contributed by atoms with Crippen molar-refractivity contribution in [3.63, 3.8) is 0 Å². The minimum absolute atomic E-state index is 0.0780. The molecular formula is C40H47N7O3. The molecule has 50 heavy (non-hydrogen) atoms. The molecule has 2 fully saturated rings. The molecule has 0 saturated carbocycles. The number of hydrogen-bond acceptors (Lipinski definition) is 6. The van der Waals surface area contributed by atoms with Gasteiger partial charge in [0.05, 0.1) is 42.1 Å². The SMILES string of the molecule is COC(=O)N(C)[C@H](C(=O)N1C[C@@H](C)C[C@H]1c1nc2ccc(-c3ccc(-c4ccc(-c5cnc([C@@H]6C[C@H](C)CN6)[nH]5)cc4)cc3)cc2[nH]1)C(C)C. The van der Waals surface area contributed by atoms with Crippen LogP contribution >= 0.6 is 0 Å². The quantitative estimate of drug-likeness (QED) is 0.156. The molecule has 2 amide bonds. The number of nitrogens with one attached hydrogen (secondary N) is 3. The van der Waals surface area contributed by atoms with Crippen molar-refractivity contribution in [3.8, 4) is 33.5 Å². The van der Waals surface area contributed by atoms with Crippen molar-refractivity contribution in [2.45, 2.75) is 58.7 Å². The first-order valence-electron chi connectivity index (χ1n) is 17.7. The van der Waals surface area contributed by atoms with E-state index in [1.807, 2.05) is 31.0 Å². The third kappa shape index (κ3) is 6.52. The second-order valence-electron chi connectivity index (χ2n) is 14.6. The molecule has 3 N–H and O–H groups in total. The maximum Gasteiger partial charge on any atom is 0.409 e. The molecular weight excluding hydrogens is 626 g/mol. The van der Waals surface area contributed by atoms with E-state index < -0.39 is 12.1 Å². The highest BCUT2D eigenvalue weighted by Gasteiger charge is 2.42. The van der Waals surface area contributed by atoms with Crippen molar-refractivity contribution < 1.29 is 14.3 Å². The van der Waals surface area contributed by atoms with Crippen LogP contribution in [0.5, 0.6) is 0 Å². The molecule has 4 heterocycles. The number of benzene rings is 3. The van der Waals surface area contributed by atoms with E-state index in [4.69, 9.17) is 9.72 Å². The average molecular weight is 674 g/mol. The Labute approximate surface area is 293 Å². The Morgan fingerprint density at radius 3 is 2.12 bits per heavy atom. The molecule has 10 heteroatoms. The topological polar surface area (TPSA) is 119 Å². The van der Waals surface area contributed by atoms with Gasteiger partial charge in [0.15, 0.2) is 0 Å². The van der Waals surface area contributed by atoms with Crippen molar-refractivity contribution in [2.24, 2.45) is 17.8 Å². The Kier molecular flexibility index (Phi) is 9.22. The van der Waals surface area contributed by atoms with E-state index in [1.54, 1.807) is 7.05 Å². The molecule has 7 rings (SSSR count). The average Bonchev–Trinajstić information content (AvgIpc) is 3.94. The summed E-state index contributed by atoms with van der Waals surface area (Å²) in [5.74, 6) is 2.60. The number of fused-ring (bicyclic) bond motifs is 1. The summed E-state index contributed by atoms with van der Waals surface area (Å²) in [4.78, 5) is 46.2. The van der Waals surface area contributed by atoms with E-state index in [9.17, 15) is 9.59 Å². The lowest BCUT2D eigenvalue weighted by Gasteiger charge is -2.34. The molecule has 0 bridgehead atoms. The number of H-pyrrole nitrogens is 2. The summed E-state index contributed by atoms with van der Waals surface area (Å²) in [6, 6.07) is 23.0. The standard InChI is InChI=1S/C40H47N7O3/c1-23(2)36(46(5)40(49)50-6)39(48)47-22-25(4)18-35(47)38-43-31-16-15-30(19-32(31)44-38)28-9-7-26(8-10-28)27-11-13-29(14-12-27)34-21-42-37(45-34)33-17-24(3)20-41-33/h7-16,19,21,23-25,33,35-36,41H,17-18,20,22H2,1-6H3,(H,42,45)(H,43,44)/t24-,25-,33-,35-,36-/m0/s1. The Bertz CT molecular complexity index is 1980. The summed E-state index contributed by atoms with van der Waals surface area (Å²) in [5, 5.41) is 3.55. The van der Waals surface area contributed by atoms with Crippen LogP contribution in [-0.2, 0) is 9.53 Å². The van der Waals surface area contributed by atoms with Gasteiger partial charge >= 0.3 is 6.09 Å². The first-order chi connectivity index (χ1) is 24.1. The van der Waals surface area contributed by atoms with Crippen LogP contribution in [0, 0.1) is 17.8 Å². The van der Waals surface area contributed by atoms with E-state index >= 15 is 0 Å². The van der Waals surface area contributed by atoms with Gasteiger partial charge in [0.25, 0.3) is 0 Å². The number of likely N-dealkylation sites (N-methyl/N-ethyl adjacent to an activating group) is 1. The minimum Gasteiger partial charge on any atom is -0.453 e. The molecule has 5 atom stereocenters. The van der Waals surface area contributed by atoms with Crippen LogP contribution in [0.1, 0.15) is 64.3 Å². The van der Waals surface area contributed by atoms with Gasteiger partial charge in [-0.25, -0.2) is 14.8 Å². The van der Waals surface area contributed by atoms with Gasteiger partial charge in [-0.3, -0.25) is 9.69 Å². The highest BCUT2D eigenvalue weighted by Crippen LogP contribution is 2.37. The number of aromatic amines is 2. The van der Waals surface area contributed by atoms with Gasteiger partial charge < -0.3 is 24.9 Å². The van der Waals surface area contributed by atoms with Crippen molar-refractivity contribution in [2.75, 3.05) is 27.2 Å². The lowest BCUT2D eigenvalue weighted by atomic mass is 9.99. The predicted octanol–water partition coefficient (Wildman–Crippen LogP) is 7.59. The largest absolute Gasteiger partial charge is 0.453 e. The number of carbonyl (C=O) groups is 2. The molecule has 0 unspecified atom stereocenters. The predicted molar refractivity (Wildman–Crippen MR) is 196 cm³/mol. The monoisotopic (exact) mass is 673 g/mol. The molecule has 0 radical (unpaired) electrons. The summed E-state index contributed by atoms with van der Waals surface area (Å²) >= 11 is 0. The van der Waals surface area contributed by atoms with Gasteiger partial charge in [-0.2, -0.15) is 0 Å². The van der Waals surface area contributed by atoms with Crippen LogP contribution in [0.25, 0.3) is 44.5 Å². The highest BCUT2D eigenvalue weighted by atomic mass is 16.5. The molecule has 260 valence electrons. The fraction of sp³-hybridized carbons (Fsp3) is 0.400. The van der Waals surface area contributed by atoms with E-state index in [0.717, 1.165) is 75.6 Å². The summed E-state index contributed by atoms with van der Waals surface area (Å²) < 4.78 is 4.93. The summed E-state index contributed by atoms with van der Waals surface area (Å²) in [7, 11) is 2.96. The number of hydrogen-bond donors (Lipinski definition) is 3. The van der Waals surface area contributed by atoms with E-state index in [-0.39, 0.29) is 17.9 Å². The van der Waals surface area contributed by atoms with Crippen molar-refractivity contribution in [1.82, 2.24) is 35.1 Å². The number of nitrogens with zero attached hydrogens (tertiary/aromatic N) is 4. The maximum absolute atomic E-state index is 13.9. The normalized spacial score (nSPS) is 21.2. The molecule has 0 aliphatic carbocycles. The van der Waals surface area contributed by atoms with Crippen LogP contribution in [0.15, 0.2) is 72.9 Å². The molecule has 0 spiro atoms. The number of imidazole rings is 2. The maximum atomic E-state index is 13.9. The number of amides is 2. The van der Waals surface area contributed by atoms with Crippen molar-refractivity contribution in [3.05, 3.63) is 84.6 Å². The number of methoxy groups -OCH3 is 1. The Hall–Kier alpha value is -4.96. The van der Waals surface area contributed by atoms with Crippen molar-refractivity contribution >= 4 is 23.0 Å². The number of carbonyl (C=O) groups excluding carboxylic acids is 2. The molecule has 2 aliphatic rings. The van der Waals surface area contributed by atoms with Gasteiger partial charge in [0.1, 0.15) is 17.7 Å². The Morgan fingerprint density at radius 2 is 1.50 bits per heavy atom. The molecule has 2 aromatic heterocycles. The number of aromatic nitrogens is 4. The van der Waals surface area contributed by atoms with Crippen LogP contribution in [0.4, 0.5) is 4.79 Å². The molecule has 5 aromatic rings. The third-order valence-electron chi connectivity index (χ3n) is 10.4. The van der Waals surface area contributed by atoms with Crippen LogP contribution in [0.3, 0.4) is 0 Å². The van der Waals surface area contributed by atoms with E-state index in [1.165, 1.54) is 12.0 Å². The fourth-order valence-electron chi connectivity index (χ4n) is 7.72. The Morgan fingerprint density at radius 1 is 0.860 bits per heavy atom. The first kappa shape index (κ1) is 33.5. The number of rotatable bonds is 8. The summed E-state index contributed by atoms with van der Waals surface area (Å²) in [6.45, 7) is 9.97. The molecule has 2 aliphatic heterocycles. The summed E-state index contributed by atoms with van der Waals surface area (Å²) in [6.07, 6.45) is 3.32. The molecule has 2 saturated heterocycles. The van der Waals surface area contributed by atoms with Crippen LogP contribution < -0.4 is 5.32 Å². The fourth-order valence-corrected chi connectivity index (χ4v) is 7.72. The smallest absolute Gasteiger partial charge is 0.409 e. The zero-order valence-electron chi connectivity index (χ0n) is 29.7. The third-order valence-corrected chi connectivity index (χ3v) is 10.4. The summed E-state index contributed by atoms with van der Waals surface area (Å²) in [5.41, 5.74) is 8.45. The Balaban J connectivity index is 1.06. The minimum atomic E-state index is -0.625. The lowest BCUT2D eigenvalue weighted by molar-refractivity contribution is -0.138. The van der Waals surface area contributed by atoms with Crippen molar-refractivity contribution in [1.29, 1.82) is 0 Å². The second-order valence-corrected chi connectivity index (χ2v) is 14.6. The van der Waals surface area contributed by atoms with Gasteiger partial charge in [-0.15, -0.1) is 0 Å². The number of ether oxygens (including phenoxy) is 1.